The average Bonchev–Trinajstić information content (AvgIpc) is 2.82. The van der Waals surface area contributed by atoms with Gasteiger partial charge in [-0.15, -0.1) is 0 Å². The first-order chi connectivity index (χ1) is 16.4. The lowest BCUT2D eigenvalue weighted by Gasteiger charge is -2.18. The maximum Gasteiger partial charge on any atom is 0.323 e. The first-order valence-electron chi connectivity index (χ1n) is 10.8. The Bertz CT molecular complexity index is 1320. The highest BCUT2D eigenvalue weighted by Gasteiger charge is 2.20. The highest BCUT2D eigenvalue weighted by molar-refractivity contribution is 6.39. The molecule has 4 nitrogen and oxygen atoms in total. The van der Waals surface area contributed by atoms with Crippen LogP contribution >= 0.6 is 34.8 Å². The van der Waals surface area contributed by atoms with Gasteiger partial charge < -0.3 is 4.74 Å². The molecule has 0 radical (unpaired) electrons. The Morgan fingerprint density at radius 1 is 0.971 bits per heavy atom. The van der Waals surface area contributed by atoms with E-state index in [9.17, 15) is 4.79 Å². The Morgan fingerprint density at radius 2 is 1.68 bits per heavy atom. The molecule has 7 heteroatoms. The molecule has 4 rings (SSSR count). The molecule has 0 aliphatic carbocycles. The fourth-order valence-corrected chi connectivity index (χ4v) is 4.80. The third-order valence-electron chi connectivity index (χ3n) is 5.78. The van der Waals surface area contributed by atoms with Gasteiger partial charge in [0.25, 0.3) is 0 Å². The quantitative estimate of drug-likeness (QED) is 0.269. The molecule has 0 fully saturated rings. The molecule has 0 amide bonds. The highest BCUT2D eigenvalue weighted by Crippen LogP contribution is 2.34. The number of benzene rings is 3. The lowest BCUT2D eigenvalue weighted by Crippen LogP contribution is -2.39. The van der Waals surface area contributed by atoms with Gasteiger partial charge in [0.2, 0.25) is 0 Å². The number of carbonyl (C=O) groups excluding carboxylic acids is 1. The van der Waals surface area contributed by atoms with E-state index in [1.54, 1.807) is 18.2 Å². The number of halogens is 3. The maximum atomic E-state index is 12.5. The zero-order valence-electron chi connectivity index (χ0n) is 18.7. The summed E-state index contributed by atoms with van der Waals surface area (Å²) >= 11 is 19.1. The van der Waals surface area contributed by atoms with Crippen LogP contribution in [0.4, 0.5) is 0 Å². The molecule has 0 spiro atoms. The summed E-state index contributed by atoms with van der Waals surface area (Å²) in [7, 11) is 1.39. The van der Waals surface area contributed by atoms with Gasteiger partial charge in [-0.3, -0.25) is 10.1 Å². The predicted octanol–water partition coefficient (Wildman–Crippen LogP) is 7.04. The van der Waals surface area contributed by atoms with E-state index in [4.69, 9.17) is 44.5 Å². The molecule has 0 aliphatic rings. The summed E-state index contributed by atoms with van der Waals surface area (Å²) in [5, 5.41) is 6.03. The van der Waals surface area contributed by atoms with E-state index in [0.717, 1.165) is 27.6 Å². The highest BCUT2D eigenvalue weighted by atomic mass is 35.5. The van der Waals surface area contributed by atoms with Gasteiger partial charge in [0, 0.05) is 22.5 Å². The van der Waals surface area contributed by atoms with E-state index >= 15 is 0 Å². The Labute approximate surface area is 213 Å². The molecule has 174 valence electrons. The first kappa shape index (κ1) is 24.5. The molecule has 34 heavy (non-hydrogen) atoms. The SMILES string of the molecule is COC(=O)C(Cc1ccc2nc(-c3c(Cl)cccc3Cl)ccc2c1)NCc1c(C)cccc1Cl. The number of hydrogen-bond donors (Lipinski definition) is 1. The molecule has 1 atom stereocenters. The van der Waals surface area contributed by atoms with Crippen LogP contribution in [-0.2, 0) is 22.5 Å². The van der Waals surface area contributed by atoms with Crippen molar-refractivity contribution in [2.45, 2.75) is 25.9 Å². The van der Waals surface area contributed by atoms with Crippen LogP contribution in [0.5, 0.6) is 0 Å². The van der Waals surface area contributed by atoms with E-state index in [-0.39, 0.29) is 5.97 Å². The lowest BCUT2D eigenvalue weighted by atomic mass is 10.0. The fourth-order valence-electron chi connectivity index (χ4n) is 3.92. The number of esters is 1. The molecule has 0 saturated carbocycles. The predicted molar refractivity (Wildman–Crippen MR) is 140 cm³/mol. The monoisotopic (exact) mass is 512 g/mol. The zero-order chi connectivity index (χ0) is 24.2. The Balaban J connectivity index is 1.57. The summed E-state index contributed by atoms with van der Waals surface area (Å²) in [6, 6.07) is 20.4. The summed E-state index contributed by atoms with van der Waals surface area (Å²) in [6.07, 6.45) is 0.463. The third-order valence-corrected chi connectivity index (χ3v) is 6.76. The van der Waals surface area contributed by atoms with E-state index < -0.39 is 6.04 Å². The van der Waals surface area contributed by atoms with Gasteiger partial charge in [-0.2, -0.15) is 0 Å². The van der Waals surface area contributed by atoms with E-state index in [1.807, 2.05) is 55.5 Å². The number of hydrogen-bond acceptors (Lipinski definition) is 4. The van der Waals surface area contributed by atoms with Gasteiger partial charge in [0.15, 0.2) is 0 Å². The van der Waals surface area contributed by atoms with E-state index in [0.29, 0.717) is 39.3 Å². The number of nitrogens with zero attached hydrogens (tertiary/aromatic N) is 1. The number of rotatable bonds is 7. The van der Waals surface area contributed by atoms with Crippen LogP contribution in [-0.4, -0.2) is 24.1 Å². The summed E-state index contributed by atoms with van der Waals surface area (Å²) in [5.41, 5.74) is 5.24. The zero-order valence-corrected chi connectivity index (χ0v) is 21.0. The normalized spacial score (nSPS) is 12.0. The topological polar surface area (TPSA) is 51.2 Å². The van der Waals surface area contributed by atoms with E-state index in [1.165, 1.54) is 7.11 Å². The summed E-state index contributed by atoms with van der Waals surface area (Å²) in [4.78, 5) is 17.2. The second-order valence-corrected chi connectivity index (χ2v) is 9.24. The van der Waals surface area contributed by atoms with Crippen LogP contribution in [0.25, 0.3) is 22.2 Å². The maximum absolute atomic E-state index is 12.5. The van der Waals surface area contributed by atoms with Crippen molar-refractivity contribution in [1.29, 1.82) is 0 Å². The van der Waals surface area contributed by atoms with E-state index in [2.05, 4.69) is 5.32 Å². The molecule has 0 saturated heterocycles. The van der Waals surface area contributed by atoms with Crippen LogP contribution in [0.1, 0.15) is 16.7 Å². The summed E-state index contributed by atoms with van der Waals surface area (Å²) in [5.74, 6) is -0.327. The molecular formula is C27H23Cl3N2O2. The minimum atomic E-state index is -0.521. The average molecular weight is 514 g/mol. The molecule has 0 bridgehead atoms. The standard InChI is InChI=1S/C27H23Cl3N2O2/c1-16-5-3-6-20(28)19(16)15-31-25(27(33)34-2)14-17-9-11-23-18(13-17)10-12-24(32-23)26-21(29)7-4-8-22(26)30/h3-13,25,31H,14-15H2,1-2H3. The number of methoxy groups -OCH3 is 1. The van der Waals surface area contributed by atoms with Crippen LogP contribution in [0, 0.1) is 6.92 Å². The first-order valence-corrected chi connectivity index (χ1v) is 11.9. The van der Waals surface area contributed by atoms with Crippen LogP contribution in [0.2, 0.25) is 15.1 Å². The van der Waals surface area contributed by atoms with Crippen molar-refractivity contribution in [3.63, 3.8) is 0 Å². The number of aromatic nitrogens is 1. The second kappa shape index (κ2) is 10.7. The van der Waals surface area contributed by atoms with Crippen LogP contribution in [0.15, 0.2) is 66.7 Å². The smallest absolute Gasteiger partial charge is 0.323 e. The van der Waals surface area contributed by atoms with Crippen molar-refractivity contribution in [1.82, 2.24) is 10.3 Å². The van der Waals surface area contributed by atoms with Gasteiger partial charge in [0.05, 0.1) is 28.4 Å². The third kappa shape index (κ3) is 5.37. The van der Waals surface area contributed by atoms with Crippen molar-refractivity contribution in [3.8, 4) is 11.3 Å². The van der Waals surface area contributed by atoms with Gasteiger partial charge in [-0.1, -0.05) is 65.1 Å². The van der Waals surface area contributed by atoms with Gasteiger partial charge in [-0.25, -0.2) is 4.98 Å². The van der Waals surface area contributed by atoms with Crippen LogP contribution < -0.4 is 5.32 Å². The molecule has 1 unspecified atom stereocenters. The summed E-state index contributed by atoms with van der Waals surface area (Å²) in [6.45, 7) is 2.46. The largest absolute Gasteiger partial charge is 0.468 e. The minimum absolute atomic E-state index is 0.327. The van der Waals surface area contributed by atoms with Crippen molar-refractivity contribution >= 4 is 51.7 Å². The van der Waals surface area contributed by atoms with Gasteiger partial charge in [0.1, 0.15) is 6.04 Å². The van der Waals surface area contributed by atoms with Gasteiger partial charge in [-0.05, 0) is 66.4 Å². The van der Waals surface area contributed by atoms with Crippen LogP contribution in [0.3, 0.4) is 0 Å². The number of nitrogens with one attached hydrogen (secondary N) is 1. The Morgan fingerprint density at radius 3 is 2.38 bits per heavy atom. The molecule has 4 aromatic rings. The van der Waals surface area contributed by atoms with Crippen molar-refractivity contribution in [2.75, 3.05) is 7.11 Å². The number of aryl methyl sites for hydroxylation is 1. The summed E-state index contributed by atoms with van der Waals surface area (Å²) < 4.78 is 5.04. The number of ether oxygens (including phenoxy) is 1. The van der Waals surface area contributed by atoms with Crippen molar-refractivity contribution in [2.24, 2.45) is 0 Å². The number of fused-ring (bicyclic) bond motifs is 1. The number of carbonyl (C=O) groups is 1. The Kier molecular flexibility index (Phi) is 7.74. The van der Waals surface area contributed by atoms with Crippen molar-refractivity contribution < 1.29 is 9.53 Å². The number of pyridine rings is 1. The molecule has 1 heterocycles. The lowest BCUT2D eigenvalue weighted by molar-refractivity contribution is -0.143. The molecule has 1 N–H and O–H groups in total. The molecule has 3 aromatic carbocycles. The molecule has 1 aromatic heterocycles. The van der Waals surface area contributed by atoms with Gasteiger partial charge >= 0.3 is 5.97 Å². The molecule has 0 aliphatic heterocycles. The second-order valence-electron chi connectivity index (χ2n) is 8.02. The minimum Gasteiger partial charge on any atom is -0.468 e. The van der Waals surface area contributed by atoms with Crippen molar-refractivity contribution in [3.05, 3.63) is 98.5 Å². The Hall–Kier alpha value is -2.63. The molecular weight excluding hydrogens is 491 g/mol. The fraction of sp³-hybridized carbons (Fsp3) is 0.185.